The standard InChI is InChI=1S/C26H25N3O4S/c1-15(2)24(31)27-19-12-10-18(11-13-19)23(30)17(4)33-26(32)22-14-21-16(3)28-29(25(21)34-22)20-8-6-5-7-9-20/h5-15,17H,1-4H3,(H,27,31)/t17-/m0/s1. The Hall–Kier alpha value is -3.78. The summed E-state index contributed by atoms with van der Waals surface area (Å²) in [5, 5.41) is 8.23. The van der Waals surface area contributed by atoms with Gasteiger partial charge in [-0.1, -0.05) is 32.0 Å². The maximum Gasteiger partial charge on any atom is 0.349 e. The number of rotatable bonds is 7. The van der Waals surface area contributed by atoms with Gasteiger partial charge >= 0.3 is 5.97 Å². The molecule has 4 aromatic rings. The summed E-state index contributed by atoms with van der Waals surface area (Å²) in [5.41, 5.74) is 2.71. The molecule has 0 bridgehead atoms. The van der Waals surface area contributed by atoms with Crippen LogP contribution in [0.5, 0.6) is 0 Å². The first-order chi connectivity index (χ1) is 16.2. The number of aromatic nitrogens is 2. The van der Waals surface area contributed by atoms with Crippen LogP contribution in [0.3, 0.4) is 0 Å². The monoisotopic (exact) mass is 475 g/mol. The van der Waals surface area contributed by atoms with E-state index in [9.17, 15) is 14.4 Å². The van der Waals surface area contributed by atoms with E-state index < -0.39 is 12.1 Å². The second kappa shape index (κ2) is 9.61. The summed E-state index contributed by atoms with van der Waals surface area (Å²) in [5.74, 6) is -1.12. The van der Waals surface area contributed by atoms with Crippen LogP contribution in [0.25, 0.3) is 15.9 Å². The summed E-state index contributed by atoms with van der Waals surface area (Å²) >= 11 is 1.28. The number of anilines is 1. The summed E-state index contributed by atoms with van der Waals surface area (Å²) in [6.07, 6.45) is -0.958. The Morgan fingerprint density at radius 3 is 2.32 bits per heavy atom. The number of thiophene rings is 1. The number of hydrogen-bond acceptors (Lipinski definition) is 6. The highest BCUT2D eigenvalue weighted by atomic mass is 32.1. The van der Waals surface area contributed by atoms with Crippen molar-refractivity contribution < 1.29 is 19.1 Å². The molecule has 2 aromatic heterocycles. The molecular weight excluding hydrogens is 450 g/mol. The Morgan fingerprint density at radius 1 is 1.00 bits per heavy atom. The van der Waals surface area contributed by atoms with Crippen molar-refractivity contribution in [2.24, 2.45) is 5.92 Å². The van der Waals surface area contributed by atoms with E-state index in [0.717, 1.165) is 21.6 Å². The number of hydrogen-bond donors (Lipinski definition) is 1. The van der Waals surface area contributed by atoms with E-state index >= 15 is 0 Å². The lowest BCUT2D eigenvalue weighted by Crippen LogP contribution is -2.24. The molecule has 8 heteroatoms. The van der Waals surface area contributed by atoms with Crippen LogP contribution < -0.4 is 5.32 Å². The minimum atomic E-state index is -0.958. The van der Waals surface area contributed by atoms with Gasteiger partial charge in [0.15, 0.2) is 6.10 Å². The first-order valence-electron chi connectivity index (χ1n) is 11.0. The molecule has 174 valence electrons. The normalized spacial score (nSPS) is 12.0. The lowest BCUT2D eigenvalue weighted by atomic mass is 10.1. The van der Waals surface area contributed by atoms with Crippen LogP contribution >= 0.6 is 11.3 Å². The molecule has 1 atom stereocenters. The zero-order valence-electron chi connectivity index (χ0n) is 19.4. The molecule has 0 unspecified atom stereocenters. The number of Topliss-reactive ketones (excluding diaryl/α,β-unsaturated/α-hetero) is 1. The highest BCUT2D eigenvalue weighted by molar-refractivity contribution is 7.20. The fourth-order valence-corrected chi connectivity index (χ4v) is 4.47. The van der Waals surface area contributed by atoms with Crippen molar-refractivity contribution in [2.45, 2.75) is 33.8 Å². The van der Waals surface area contributed by atoms with Gasteiger partial charge in [-0.15, -0.1) is 11.3 Å². The Balaban J connectivity index is 1.47. The second-order valence-corrected chi connectivity index (χ2v) is 9.33. The molecule has 4 rings (SSSR count). The lowest BCUT2D eigenvalue weighted by molar-refractivity contribution is -0.118. The largest absolute Gasteiger partial charge is 0.450 e. The van der Waals surface area contributed by atoms with Crippen LogP contribution in [0.4, 0.5) is 5.69 Å². The van der Waals surface area contributed by atoms with Crippen molar-refractivity contribution in [3.63, 3.8) is 0 Å². The van der Waals surface area contributed by atoms with Gasteiger partial charge in [0.2, 0.25) is 11.7 Å². The molecule has 0 saturated heterocycles. The minimum Gasteiger partial charge on any atom is -0.450 e. The number of aryl methyl sites for hydroxylation is 1. The molecular formula is C26H25N3O4S. The predicted octanol–water partition coefficient (Wildman–Crippen LogP) is 5.42. The molecule has 1 N–H and O–H groups in total. The quantitative estimate of drug-likeness (QED) is 0.285. The Bertz CT molecular complexity index is 1350. The molecule has 0 aliphatic carbocycles. The fourth-order valence-electron chi connectivity index (χ4n) is 3.40. The van der Waals surface area contributed by atoms with Gasteiger partial charge in [0.25, 0.3) is 0 Å². The lowest BCUT2D eigenvalue weighted by Gasteiger charge is -2.12. The van der Waals surface area contributed by atoms with Crippen molar-refractivity contribution in [1.82, 2.24) is 9.78 Å². The number of ether oxygens (including phenoxy) is 1. The van der Waals surface area contributed by atoms with E-state index in [0.29, 0.717) is 16.1 Å². The summed E-state index contributed by atoms with van der Waals surface area (Å²) in [6.45, 7) is 7.06. The number of nitrogens with one attached hydrogen (secondary N) is 1. The second-order valence-electron chi connectivity index (χ2n) is 8.30. The average molecular weight is 476 g/mol. The SMILES string of the molecule is Cc1nn(-c2ccccc2)c2sc(C(=O)O[C@@H](C)C(=O)c3ccc(NC(=O)C(C)C)cc3)cc12. The smallest absolute Gasteiger partial charge is 0.349 e. The summed E-state index contributed by atoms with van der Waals surface area (Å²) < 4.78 is 7.29. The number of nitrogens with zero attached hydrogens (tertiary/aromatic N) is 2. The van der Waals surface area contributed by atoms with E-state index in [1.165, 1.54) is 11.3 Å². The maximum atomic E-state index is 12.8. The van der Waals surface area contributed by atoms with E-state index in [-0.39, 0.29) is 17.6 Å². The van der Waals surface area contributed by atoms with Gasteiger partial charge < -0.3 is 10.1 Å². The third-order valence-electron chi connectivity index (χ3n) is 5.36. The maximum absolute atomic E-state index is 12.8. The number of carbonyl (C=O) groups excluding carboxylic acids is 3. The Labute approximate surface area is 201 Å². The molecule has 0 spiro atoms. The number of para-hydroxylation sites is 1. The molecule has 1 amide bonds. The van der Waals surface area contributed by atoms with Crippen molar-refractivity contribution in [3.05, 3.63) is 76.8 Å². The highest BCUT2D eigenvalue weighted by Gasteiger charge is 2.23. The van der Waals surface area contributed by atoms with Gasteiger partial charge in [-0.05, 0) is 56.3 Å². The highest BCUT2D eigenvalue weighted by Crippen LogP contribution is 2.31. The van der Waals surface area contributed by atoms with Crippen molar-refractivity contribution in [3.8, 4) is 5.69 Å². The molecule has 0 radical (unpaired) electrons. The van der Waals surface area contributed by atoms with E-state index in [1.807, 2.05) is 37.3 Å². The number of carbonyl (C=O) groups is 3. The van der Waals surface area contributed by atoms with Crippen LogP contribution in [-0.2, 0) is 9.53 Å². The van der Waals surface area contributed by atoms with Gasteiger partial charge in [-0.3, -0.25) is 9.59 Å². The van der Waals surface area contributed by atoms with E-state index in [2.05, 4.69) is 10.4 Å². The van der Waals surface area contributed by atoms with Crippen LogP contribution in [0.1, 0.15) is 46.5 Å². The molecule has 7 nitrogen and oxygen atoms in total. The third-order valence-corrected chi connectivity index (χ3v) is 6.45. The first-order valence-corrected chi connectivity index (χ1v) is 11.8. The molecule has 0 aliphatic rings. The van der Waals surface area contributed by atoms with Crippen LogP contribution in [-0.4, -0.2) is 33.5 Å². The summed E-state index contributed by atoms with van der Waals surface area (Å²) in [6, 6.07) is 18.0. The number of esters is 1. The number of ketones is 1. The van der Waals surface area contributed by atoms with Crippen LogP contribution in [0.15, 0.2) is 60.7 Å². The minimum absolute atomic E-state index is 0.102. The predicted molar refractivity (Wildman–Crippen MR) is 133 cm³/mol. The zero-order valence-corrected chi connectivity index (χ0v) is 20.2. The third kappa shape index (κ3) is 4.77. The Morgan fingerprint density at radius 2 is 1.68 bits per heavy atom. The van der Waals surface area contributed by atoms with Crippen molar-refractivity contribution in [1.29, 1.82) is 0 Å². The Kier molecular flexibility index (Phi) is 6.61. The molecule has 0 saturated carbocycles. The van der Waals surface area contributed by atoms with Crippen molar-refractivity contribution >= 4 is 44.9 Å². The van der Waals surface area contributed by atoms with Gasteiger partial charge in [-0.25, -0.2) is 9.48 Å². The first kappa shape index (κ1) is 23.4. The van der Waals surface area contributed by atoms with Gasteiger partial charge in [0.1, 0.15) is 9.71 Å². The average Bonchev–Trinajstić information content (AvgIpc) is 3.40. The number of amides is 1. The van der Waals surface area contributed by atoms with Gasteiger partial charge in [-0.2, -0.15) is 5.10 Å². The van der Waals surface area contributed by atoms with Gasteiger partial charge in [0, 0.05) is 22.6 Å². The topological polar surface area (TPSA) is 90.3 Å². The molecule has 2 heterocycles. The number of benzene rings is 2. The summed E-state index contributed by atoms with van der Waals surface area (Å²) in [7, 11) is 0. The van der Waals surface area contributed by atoms with Gasteiger partial charge in [0.05, 0.1) is 11.4 Å². The molecule has 34 heavy (non-hydrogen) atoms. The van der Waals surface area contributed by atoms with E-state index in [1.54, 1.807) is 55.8 Å². The fraction of sp³-hybridized carbons (Fsp3) is 0.231. The van der Waals surface area contributed by atoms with E-state index in [4.69, 9.17) is 4.74 Å². The molecule has 0 fully saturated rings. The van der Waals surface area contributed by atoms with Crippen LogP contribution in [0.2, 0.25) is 0 Å². The number of fused-ring (bicyclic) bond motifs is 1. The van der Waals surface area contributed by atoms with Crippen molar-refractivity contribution in [2.75, 3.05) is 5.32 Å². The summed E-state index contributed by atoms with van der Waals surface area (Å²) in [4.78, 5) is 38.7. The zero-order chi connectivity index (χ0) is 24.4. The molecule has 2 aromatic carbocycles. The van der Waals surface area contributed by atoms with Crippen LogP contribution in [0, 0.1) is 12.8 Å². The molecule has 0 aliphatic heterocycles.